The molecule has 3 N–H and O–H groups in total. The number of aliphatic hydroxyl groups is 1. The molecule has 0 aromatic carbocycles. The predicted octanol–water partition coefficient (Wildman–Crippen LogP) is 2.24. The smallest absolute Gasteiger partial charge is 0.359 e. The molecule has 1 saturated heterocycles. The zero-order chi connectivity index (χ0) is 23.5. The Morgan fingerprint density at radius 3 is 2.52 bits per heavy atom. The normalized spacial score (nSPS) is 32.9. The average molecular weight is 460 g/mol. The van der Waals surface area contributed by atoms with E-state index in [-0.39, 0.29) is 12.3 Å². The first-order chi connectivity index (χ1) is 14.1. The van der Waals surface area contributed by atoms with Crippen molar-refractivity contribution in [3.8, 4) is 0 Å². The minimum absolute atomic E-state index is 0.0655. The van der Waals surface area contributed by atoms with Crippen LogP contribution in [0, 0.1) is 5.92 Å². The highest BCUT2D eigenvalue weighted by molar-refractivity contribution is 7.54. The quantitative estimate of drug-likeness (QED) is 0.502. The summed E-state index contributed by atoms with van der Waals surface area (Å²) in [6, 6.07) is 1.25. The van der Waals surface area contributed by atoms with Gasteiger partial charge in [0.05, 0.1) is 5.60 Å². The molecule has 6 atom stereocenters. The number of hydrogen-bond acceptors (Lipinski definition) is 7. The van der Waals surface area contributed by atoms with Crippen LogP contribution in [0.15, 0.2) is 21.9 Å². The first-order valence-corrected chi connectivity index (χ1v) is 12.1. The highest BCUT2D eigenvalue weighted by atomic mass is 31.2. The van der Waals surface area contributed by atoms with Gasteiger partial charge in [0, 0.05) is 18.7 Å². The molecule has 11 heteroatoms. The van der Waals surface area contributed by atoms with Gasteiger partial charge in [0.1, 0.15) is 6.10 Å². The van der Waals surface area contributed by atoms with E-state index in [0.717, 1.165) is 0 Å². The van der Waals surface area contributed by atoms with Gasteiger partial charge >= 0.3 is 13.3 Å². The Hall–Kier alpha value is -1.29. The highest BCUT2D eigenvalue weighted by Gasteiger charge is 2.67. The van der Waals surface area contributed by atoms with Crippen molar-refractivity contribution in [2.75, 3.05) is 0 Å². The van der Waals surface area contributed by atoms with Crippen molar-refractivity contribution in [2.24, 2.45) is 5.92 Å². The zero-order valence-electron chi connectivity index (χ0n) is 18.9. The number of aromatic amines is 1. The molecular formula is C20H33N2O8P. The average Bonchev–Trinajstić information content (AvgIpc) is 2.86. The molecule has 10 nitrogen and oxygen atoms in total. The maximum absolute atomic E-state index is 12.8. The summed E-state index contributed by atoms with van der Waals surface area (Å²) in [5.41, 5.74) is -3.18. The van der Waals surface area contributed by atoms with Crippen LogP contribution in [0.5, 0.6) is 0 Å². The number of fused-ring (bicyclic) bond motifs is 1. The maximum Gasteiger partial charge on any atom is 0.359 e. The third kappa shape index (κ3) is 4.21. The lowest BCUT2D eigenvalue weighted by Gasteiger charge is -2.51. The second-order valence-electron chi connectivity index (χ2n) is 9.52. The Morgan fingerprint density at radius 2 is 1.97 bits per heavy atom. The van der Waals surface area contributed by atoms with Crippen LogP contribution >= 0.6 is 7.60 Å². The minimum atomic E-state index is -4.33. The van der Waals surface area contributed by atoms with Gasteiger partial charge in [0.25, 0.3) is 5.56 Å². The van der Waals surface area contributed by atoms with Crippen LogP contribution in [-0.2, 0) is 24.3 Å². The van der Waals surface area contributed by atoms with E-state index >= 15 is 0 Å². The topological polar surface area (TPSA) is 140 Å². The van der Waals surface area contributed by atoms with Crippen molar-refractivity contribution in [3.63, 3.8) is 0 Å². The molecule has 4 unspecified atom stereocenters. The molecule has 0 amide bonds. The van der Waals surface area contributed by atoms with E-state index < -0.39 is 47.4 Å². The van der Waals surface area contributed by atoms with Crippen LogP contribution in [0.2, 0.25) is 0 Å². The maximum atomic E-state index is 12.8. The number of hydrogen-bond donors (Lipinski definition) is 3. The fraction of sp³-hybridized carbons (Fsp3) is 0.800. The first kappa shape index (κ1) is 24.4. The van der Waals surface area contributed by atoms with Gasteiger partial charge in [-0.2, -0.15) is 0 Å². The third-order valence-corrected chi connectivity index (χ3v) is 8.78. The zero-order valence-corrected chi connectivity index (χ0v) is 19.8. The lowest BCUT2D eigenvalue weighted by atomic mass is 9.68. The van der Waals surface area contributed by atoms with Crippen molar-refractivity contribution in [3.05, 3.63) is 33.1 Å². The van der Waals surface area contributed by atoms with E-state index in [1.165, 1.54) is 23.8 Å². The summed E-state index contributed by atoms with van der Waals surface area (Å²) in [5.74, 6) is -1.10. The molecule has 1 saturated carbocycles. The van der Waals surface area contributed by atoms with Crippen LogP contribution in [0.1, 0.15) is 67.2 Å². The molecule has 1 aliphatic heterocycles. The SMILES string of the molecule is CCC(C)(CC1C[C@]2(n3ccc(=O)[nH]c3=O)OC(C)(C)O[C@H]12)OP(=O)(O)C(C)(O)CC. The van der Waals surface area contributed by atoms with E-state index in [0.29, 0.717) is 19.3 Å². The Labute approximate surface area is 181 Å². The standard InChI is InChI=1S/C20H33N2O8P/c1-7-18(5,30-31(26,27)19(6,25)8-2)11-13-12-20(15(13)28-17(3,4)29-20)22-10-9-14(23)21-16(22)24/h9-10,13,15,25H,7-8,11-12H2,1-6H3,(H,26,27)(H,21,23,24)/t13?,15-,18?,19?,20+/m1/s1. The number of nitrogens with one attached hydrogen (secondary N) is 1. The largest absolute Gasteiger partial charge is 0.378 e. The molecule has 3 rings (SSSR count). The van der Waals surface area contributed by atoms with Gasteiger partial charge < -0.3 is 24.0 Å². The molecule has 2 aliphatic rings. The van der Waals surface area contributed by atoms with Crippen molar-refractivity contribution in [1.82, 2.24) is 9.55 Å². The van der Waals surface area contributed by atoms with Crippen molar-refractivity contribution >= 4 is 7.60 Å². The van der Waals surface area contributed by atoms with E-state index in [1.54, 1.807) is 27.7 Å². The van der Waals surface area contributed by atoms with Gasteiger partial charge in [-0.05, 0) is 52.9 Å². The summed E-state index contributed by atoms with van der Waals surface area (Å²) in [4.78, 5) is 36.6. The summed E-state index contributed by atoms with van der Waals surface area (Å²) in [7, 11) is -4.33. The van der Waals surface area contributed by atoms with Gasteiger partial charge in [-0.15, -0.1) is 0 Å². The monoisotopic (exact) mass is 460 g/mol. The van der Waals surface area contributed by atoms with E-state index in [9.17, 15) is 24.2 Å². The van der Waals surface area contributed by atoms with Gasteiger partial charge in [-0.3, -0.25) is 18.9 Å². The lowest BCUT2D eigenvalue weighted by molar-refractivity contribution is -0.203. The van der Waals surface area contributed by atoms with E-state index in [2.05, 4.69) is 4.98 Å². The predicted molar refractivity (Wildman–Crippen MR) is 113 cm³/mol. The van der Waals surface area contributed by atoms with Crippen LogP contribution in [0.3, 0.4) is 0 Å². The number of aromatic nitrogens is 2. The van der Waals surface area contributed by atoms with Gasteiger partial charge in [-0.25, -0.2) is 4.79 Å². The molecule has 2 heterocycles. The first-order valence-electron chi connectivity index (χ1n) is 10.6. The summed E-state index contributed by atoms with van der Waals surface area (Å²) < 4.78 is 32.0. The molecule has 1 aliphatic carbocycles. The Morgan fingerprint density at radius 1 is 1.32 bits per heavy atom. The molecular weight excluding hydrogens is 427 g/mol. The van der Waals surface area contributed by atoms with E-state index in [1.807, 2.05) is 6.92 Å². The third-order valence-electron chi connectivity index (χ3n) is 6.56. The van der Waals surface area contributed by atoms with Crippen LogP contribution in [-0.4, -0.2) is 42.4 Å². The molecule has 1 aromatic rings. The molecule has 0 radical (unpaired) electrons. The molecule has 31 heavy (non-hydrogen) atoms. The van der Waals surface area contributed by atoms with Gasteiger partial charge in [0.15, 0.2) is 16.9 Å². The Bertz CT molecular complexity index is 1000. The number of nitrogens with zero attached hydrogens (tertiary/aromatic N) is 1. The second-order valence-corrected chi connectivity index (χ2v) is 11.7. The van der Waals surface area contributed by atoms with Crippen molar-refractivity contribution < 1.29 is 28.6 Å². The summed E-state index contributed by atoms with van der Waals surface area (Å²) in [6.45, 7) is 9.97. The molecule has 0 bridgehead atoms. The van der Waals surface area contributed by atoms with Gasteiger partial charge in [0.2, 0.25) is 0 Å². The van der Waals surface area contributed by atoms with Crippen LogP contribution < -0.4 is 11.2 Å². The fourth-order valence-electron chi connectivity index (χ4n) is 4.43. The highest BCUT2D eigenvalue weighted by Crippen LogP contribution is 2.61. The number of H-pyrrole nitrogens is 1. The minimum Gasteiger partial charge on any atom is -0.378 e. The number of ether oxygens (including phenoxy) is 2. The summed E-state index contributed by atoms with van der Waals surface area (Å²) in [5, 5.41) is 8.47. The van der Waals surface area contributed by atoms with Crippen molar-refractivity contribution in [1.29, 1.82) is 0 Å². The van der Waals surface area contributed by atoms with Crippen molar-refractivity contribution in [2.45, 2.75) is 95.8 Å². The van der Waals surface area contributed by atoms with E-state index in [4.69, 9.17) is 14.0 Å². The fourth-order valence-corrected chi connectivity index (χ4v) is 5.82. The second kappa shape index (κ2) is 7.64. The van der Waals surface area contributed by atoms with Gasteiger partial charge in [-0.1, -0.05) is 13.8 Å². The lowest BCUT2D eigenvalue weighted by Crippen LogP contribution is -2.62. The summed E-state index contributed by atoms with van der Waals surface area (Å²) in [6.07, 6.45) is 2.12. The molecule has 0 spiro atoms. The van der Waals surface area contributed by atoms with Crippen LogP contribution in [0.4, 0.5) is 0 Å². The Kier molecular flexibility index (Phi) is 6.00. The molecule has 176 valence electrons. The molecule has 2 fully saturated rings. The Balaban J connectivity index is 1.87. The molecule has 1 aromatic heterocycles. The van der Waals surface area contributed by atoms with Crippen LogP contribution in [0.25, 0.3) is 0 Å². The summed E-state index contributed by atoms with van der Waals surface area (Å²) >= 11 is 0. The number of rotatable bonds is 8.